The normalized spacial score (nSPS) is 15.1. The molecule has 0 saturated heterocycles. The van der Waals surface area contributed by atoms with Crippen molar-refractivity contribution in [2.45, 2.75) is 18.9 Å². The van der Waals surface area contributed by atoms with Crippen LogP contribution in [-0.2, 0) is 0 Å². The van der Waals surface area contributed by atoms with Crippen molar-refractivity contribution in [1.29, 1.82) is 5.26 Å². The molecule has 1 heterocycles. The number of halogens is 1. The van der Waals surface area contributed by atoms with E-state index < -0.39 is 0 Å². The van der Waals surface area contributed by atoms with E-state index in [1.807, 2.05) is 0 Å². The molecule has 1 fully saturated rings. The molecule has 3 nitrogen and oxygen atoms in total. The third-order valence-corrected chi connectivity index (χ3v) is 2.24. The molecule has 1 aromatic heterocycles. The first kappa shape index (κ1) is 8.33. The van der Waals surface area contributed by atoms with Crippen molar-refractivity contribution in [2.75, 3.05) is 5.32 Å². The van der Waals surface area contributed by atoms with Crippen LogP contribution in [0.2, 0.25) is 5.02 Å². The molecule has 0 aromatic carbocycles. The zero-order chi connectivity index (χ0) is 9.26. The molecule has 0 aliphatic heterocycles. The van der Waals surface area contributed by atoms with E-state index in [-0.39, 0.29) is 0 Å². The van der Waals surface area contributed by atoms with Crippen LogP contribution in [0, 0.1) is 11.3 Å². The molecule has 66 valence electrons. The molecule has 1 aliphatic rings. The fourth-order valence-electron chi connectivity index (χ4n) is 1.11. The highest BCUT2D eigenvalue weighted by atomic mass is 35.5. The van der Waals surface area contributed by atoms with Gasteiger partial charge in [-0.25, -0.2) is 0 Å². The zero-order valence-electron chi connectivity index (χ0n) is 6.92. The average Bonchev–Trinajstić information content (AvgIpc) is 2.89. The van der Waals surface area contributed by atoms with Gasteiger partial charge >= 0.3 is 0 Å². The number of aromatic nitrogens is 1. The average molecular weight is 194 g/mol. The summed E-state index contributed by atoms with van der Waals surface area (Å²) < 4.78 is 0. The fraction of sp³-hybridized carbons (Fsp3) is 0.333. The fourth-order valence-corrected chi connectivity index (χ4v) is 1.31. The lowest BCUT2D eigenvalue weighted by Gasteiger charge is -2.05. The molecular weight excluding hydrogens is 186 g/mol. The topological polar surface area (TPSA) is 48.7 Å². The van der Waals surface area contributed by atoms with Crippen molar-refractivity contribution >= 4 is 17.3 Å². The van der Waals surface area contributed by atoms with Gasteiger partial charge in [-0.2, -0.15) is 5.26 Å². The molecule has 1 aromatic rings. The minimum Gasteiger partial charge on any atom is -0.380 e. The van der Waals surface area contributed by atoms with Crippen molar-refractivity contribution < 1.29 is 0 Å². The van der Waals surface area contributed by atoms with E-state index in [0.29, 0.717) is 16.6 Å². The standard InChI is InChI=1S/C9H8ClN3/c10-8-4-12-5-9(7(8)3-11)13-6-1-2-6/h4-6,13H,1-2H2. The maximum absolute atomic E-state index is 8.83. The van der Waals surface area contributed by atoms with E-state index >= 15 is 0 Å². The number of nitrogens with one attached hydrogen (secondary N) is 1. The first-order valence-electron chi connectivity index (χ1n) is 4.11. The summed E-state index contributed by atoms with van der Waals surface area (Å²) in [4.78, 5) is 3.93. The van der Waals surface area contributed by atoms with Crippen molar-refractivity contribution in [3.05, 3.63) is 23.0 Å². The van der Waals surface area contributed by atoms with Gasteiger partial charge in [0.15, 0.2) is 0 Å². The SMILES string of the molecule is N#Cc1c(Cl)cncc1NC1CC1. The molecule has 1 aliphatic carbocycles. The summed E-state index contributed by atoms with van der Waals surface area (Å²) in [5, 5.41) is 12.4. The van der Waals surface area contributed by atoms with E-state index in [9.17, 15) is 0 Å². The van der Waals surface area contributed by atoms with E-state index in [1.54, 1.807) is 6.20 Å². The number of hydrogen-bond acceptors (Lipinski definition) is 3. The molecule has 0 atom stereocenters. The predicted molar refractivity (Wildman–Crippen MR) is 50.6 cm³/mol. The van der Waals surface area contributed by atoms with Crippen LogP contribution < -0.4 is 5.32 Å². The Bertz CT molecular complexity index is 366. The Morgan fingerprint density at radius 2 is 2.31 bits per heavy atom. The maximum atomic E-state index is 8.83. The Balaban J connectivity index is 2.32. The highest BCUT2D eigenvalue weighted by molar-refractivity contribution is 6.32. The Morgan fingerprint density at radius 1 is 1.54 bits per heavy atom. The summed E-state index contributed by atoms with van der Waals surface area (Å²) >= 11 is 5.81. The molecule has 0 bridgehead atoms. The van der Waals surface area contributed by atoms with Gasteiger partial charge in [0.25, 0.3) is 0 Å². The number of rotatable bonds is 2. The van der Waals surface area contributed by atoms with Crippen LogP contribution in [-0.4, -0.2) is 11.0 Å². The first-order valence-corrected chi connectivity index (χ1v) is 4.49. The molecule has 0 unspecified atom stereocenters. The van der Waals surface area contributed by atoms with Crippen LogP contribution in [0.25, 0.3) is 0 Å². The molecule has 0 radical (unpaired) electrons. The van der Waals surface area contributed by atoms with Gasteiger partial charge in [-0.15, -0.1) is 0 Å². The third-order valence-electron chi connectivity index (χ3n) is 1.95. The van der Waals surface area contributed by atoms with Gasteiger partial charge in [-0.3, -0.25) is 4.98 Å². The number of anilines is 1. The van der Waals surface area contributed by atoms with Crippen LogP contribution in [0.1, 0.15) is 18.4 Å². The quantitative estimate of drug-likeness (QED) is 0.783. The van der Waals surface area contributed by atoms with Crippen LogP contribution in [0.5, 0.6) is 0 Å². The second-order valence-corrected chi connectivity index (χ2v) is 3.48. The smallest absolute Gasteiger partial charge is 0.103 e. The van der Waals surface area contributed by atoms with E-state index in [1.165, 1.54) is 6.20 Å². The lowest BCUT2D eigenvalue weighted by atomic mass is 10.2. The van der Waals surface area contributed by atoms with Crippen molar-refractivity contribution in [3.63, 3.8) is 0 Å². The minimum atomic E-state index is 0.410. The minimum absolute atomic E-state index is 0.410. The van der Waals surface area contributed by atoms with Gasteiger partial charge in [0.2, 0.25) is 0 Å². The molecule has 13 heavy (non-hydrogen) atoms. The van der Waals surface area contributed by atoms with Gasteiger partial charge in [-0.1, -0.05) is 11.6 Å². The van der Waals surface area contributed by atoms with Crippen molar-refractivity contribution in [3.8, 4) is 6.07 Å². The van der Waals surface area contributed by atoms with Crippen LogP contribution in [0.15, 0.2) is 12.4 Å². The Labute approximate surface area is 81.4 Å². The van der Waals surface area contributed by atoms with Gasteiger partial charge in [-0.05, 0) is 12.8 Å². The lowest BCUT2D eigenvalue weighted by Crippen LogP contribution is -2.03. The number of hydrogen-bond donors (Lipinski definition) is 1. The Morgan fingerprint density at radius 3 is 2.92 bits per heavy atom. The summed E-state index contributed by atoms with van der Waals surface area (Å²) in [7, 11) is 0. The maximum Gasteiger partial charge on any atom is 0.103 e. The highest BCUT2D eigenvalue weighted by Crippen LogP contribution is 2.28. The molecule has 2 rings (SSSR count). The predicted octanol–water partition coefficient (Wildman–Crippen LogP) is 2.18. The summed E-state index contributed by atoms with van der Waals surface area (Å²) in [6.45, 7) is 0. The number of nitrogens with zero attached hydrogens (tertiary/aromatic N) is 2. The van der Waals surface area contributed by atoms with Gasteiger partial charge < -0.3 is 5.32 Å². The molecule has 0 amide bonds. The zero-order valence-corrected chi connectivity index (χ0v) is 7.67. The second kappa shape index (κ2) is 3.23. The summed E-state index contributed by atoms with van der Waals surface area (Å²) in [5.74, 6) is 0. The van der Waals surface area contributed by atoms with E-state index in [0.717, 1.165) is 18.5 Å². The second-order valence-electron chi connectivity index (χ2n) is 3.07. The monoisotopic (exact) mass is 193 g/mol. The van der Waals surface area contributed by atoms with Crippen LogP contribution in [0.4, 0.5) is 5.69 Å². The first-order chi connectivity index (χ1) is 6.31. The van der Waals surface area contributed by atoms with Crippen LogP contribution >= 0.6 is 11.6 Å². The Kier molecular flexibility index (Phi) is 2.07. The molecule has 1 N–H and O–H groups in total. The summed E-state index contributed by atoms with van der Waals surface area (Å²) in [6.07, 6.45) is 5.45. The van der Waals surface area contributed by atoms with E-state index in [4.69, 9.17) is 16.9 Å². The highest BCUT2D eigenvalue weighted by Gasteiger charge is 2.22. The molecule has 0 spiro atoms. The number of nitriles is 1. The van der Waals surface area contributed by atoms with Gasteiger partial charge in [0.1, 0.15) is 6.07 Å². The largest absolute Gasteiger partial charge is 0.380 e. The summed E-state index contributed by atoms with van der Waals surface area (Å²) in [6, 6.07) is 2.57. The lowest BCUT2D eigenvalue weighted by molar-refractivity contribution is 1.14. The van der Waals surface area contributed by atoms with Gasteiger partial charge in [0, 0.05) is 12.2 Å². The molecular formula is C9H8ClN3. The van der Waals surface area contributed by atoms with Gasteiger partial charge in [0.05, 0.1) is 22.5 Å². The molecule has 4 heteroatoms. The Hall–Kier alpha value is -1.27. The number of pyridine rings is 1. The van der Waals surface area contributed by atoms with Crippen LogP contribution in [0.3, 0.4) is 0 Å². The van der Waals surface area contributed by atoms with Crippen molar-refractivity contribution in [2.24, 2.45) is 0 Å². The molecule has 1 saturated carbocycles. The summed E-state index contributed by atoms with van der Waals surface area (Å²) in [5.41, 5.74) is 1.24. The third kappa shape index (κ3) is 1.73. The van der Waals surface area contributed by atoms with Crippen molar-refractivity contribution in [1.82, 2.24) is 4.98 Å². The van der Waals surface area contributed by atoms with E-state index in [2.05, 4.69) is 16.4 Å².